The van der Waals surface area contributed by atoms with Crippen molar-refractivity contribution in [2.45, 2.75) is 35.8 Å². The summed E-state index contributed by atoms with van der Waals surface area (Å²) in [5, 5.41) is 1.57. The van der Waals surface area contributed by atoms with Crippen molar-refractivity contribution >= 4 is 59.7 Å². The van der Waals surface area contributed by atoms with Crippen molar-refractivity contribution in [3.8, 4) is 0 Å². The number of benzene rings is 2. The number of carbonyl (C=O) groups excluding carboxylic acids is 1. The zero-order valence-electron chi connectivity index (χ0n) is 17.7. The molecule has 0 saturated heterocycles. The Kier molecular flexibility index (Phi) is 7.71. The van der Waals surface area contributed by atoms with Crippen molar-refractivity contribution in [2.24, 2.45) is 0 Å². The molecule has 0 heterocycles. The van der Waals surface area contributed by atoms with E-state index in [1.807, 2.05) is 0 Å². The van der Waals surface area contributed by atoms with Gasteiger partial charge < -0.3 is 5.32 Å². The summed E-state index contributed by atoms with van der Waals surface area (Å²) in [4.78, 5) is 10.0. The van der Waals surface area contributed by atoms with Gasteiger partial charge >= 0.3 is 0 Å². The molecule has 2 aromatic rings. The van der Waals surface area contributed by atoms with Crippen LogP contribution in [0, 0.1) is 0 Å². The molecule has 0 aliphatic heterocycles. The number of carbonyl (C=O) groups is 1. The molecule has 180 valence electrons. The lowest BCUT2D eigenvalue weighted by atomic mass is 10.1. The number of sulfonamides is 1. The summed E-state index contributed by atoms with van der Waals surface area (Å²) in [6.45, 7) is 4.06. The minimum Gasteiger partial charge on any atom is -0.326 e. The van der Waals surface area contributed by atoms with Crippen LogP contribution in [0.4, 0.5) is 11.4 Å². The van der Waals surface area contributed by atoms with Crippen molar-refractivity contribution in [2.75, 3.05) is 10.0 Å². The first-order valence-electron chi connectivity index (χ1n) is 9.21. The molecule has 0 aliphatic rings. The van der Waals surface area contributed by atoms with E-state index in [2.05, 4.69) is 10.0 Å². The fraction of sp³-hybridized carbons (Fsp3) is 0.211. The number of anilines is 2. The van der Waals surface area contributed by atoms with Gasteiger partial charge in [-0.3, -0.25) is 18.6 Å². The second kappa shape index (κ2) is 9.61. The summed E-state index contributed by atoms with van der Waals surface area (Å²) in [6.07, 6.45) is 2.33. The Morgan fingerprint density at radius 3 is 1.64 bits per heavy atom. The maximum absolute atomic E-state index is 12.0. The molecular formula is C19H22N2O9S3. The highest BCUT2D eigenvalue weighted by atomic mass is 32.2. The lowest BCUT2D eigenvalue weighted by Gasteiger charge is -2.12. The largest absolute Gasteiger partial charge is 0.326 e. The molecular weight excluding hydrogens is 496 g/mol. The van der Waals surface area contributed by atoms with Crippen molar-refractivity contribution in [3.05, 3.63) is 47.5 Å². The highest BCUT2D eigenvalue weighted by molar-refractivity contribution is 7.93. The van der Waals surface area contributed by atoms with Gasteiger partial charge in [0.25, 0.3) is 20.2 Å². The van der Waals surface area contributed by atoms with Crippen LogP contribution in [-0.4, -0.2) is 45.5 Å². The maximum Gasteiger partial charge on any atom is 0.295 e. The molecule has 2 aromatic carbocycles. The smallest absolute Gasteiger partial charge is 0.295 e. The third-order valence-corrected chi connectivity index (χ3v) is 7.81. The van der Waals surface area contributed by atoms with Gasteiger partial charge in [0, 0.05) is 18.3 Å². The molecule has 0 spiro atoms. The molecule has 0 atom stereocenters. The van der Waals surface area contributed by atoms with Gasteiger partial charge in [0.05, 0.1) is 5.25 Å². The number of hydrogen-bond acceptors (Lipinski definition) is 7. The zero-order chi connectivity index (χ0) is 25.2. The van der Waals surface area contributed by atoms with Crippen LogP contribution in [0.25, 0.3) is 12.2 Å². The average Bonchev–Trinajstić information content (AvgIpc) is 2.65. The summed E-state index contributed by atoms with van der Waals surface area (Å²) >= 11 is 0. The Morgan fingerprint density at radius 2 is 1.24 bits per heavy atom. The third-order valence-electron chi connectivity index (χ3n) is 4.23. The van der Waals surface area contributed by atoms with Gasteiger partial charge in [-0.25, -0.2) is 8.42 Å². The van der Waals surface area contributed by atoms with Crippen molar-refractivity contribution in [1.29, 1.82) is 0 Å². The standard InChI is InChI=1S/C19H22N2O9S3/c1-12(2)31(23,24)21-17-9-7-15(19(11-17)33(28,29)30)5-4-14-6-8-16(20-13(3)22)10-18(14)32(25,26)27/h4-12,21H,1-3H3,(H,20,22)(H,25,26,27)(H,28,29,30)/b5-4+. The summed E-state index contributed by atoms with van der Waals surface area (Å²) < 4.78 is 92.7. The molecule has 2 rings (SSSR count). The minimum absolute atomic E-state index is 0.0440. The van der Waals surface area contributed by atoms with E-state index in [1.165, 1.54) is 51.1 Å². The van der Waals surface area contributed by atoms with Crippen LogP contribution >= 0.6 is 0 Å². The Balaban J connectivity index is 2.56. The monoisotopic (exact) mass is 518 g/mol. The topological polar surface area (TPSA) is 184 Å². The predicted molar refractivity (Wildman–Crippen MR) is 123 cm³/mol. The van der Waals surface area contributed by atoms with E-state index < -0.39 is 51.2 Å². The van der Waals surface area contributed by atoms with E-state index >= 15 is 0 Å². The molecule has 0 fully saturated rings. The Hall–Kier alpha value is -2.78. The molecule has 14 heteroatoms. The molecule has 0 aromatic heterocycles. The molecule has 0 saturated carbocycles. The van der Waals surface area contributed by atoms with Crippen LogP contribution < -0.4 is 10.0 Å². The van der Waals surface area contributed by atoms with Crippen LogP contribution in [0.15, 0.2) is 46.2 Å². The quantitative estimate of drug-likeness (QED) is 0.301. The number of amides is 1. The predicted octanol–water partition coefficient (Wildman–Crippen LogP) is 2.46. The minimum atomic E-state index is -4.80. The molecule has 4 N–H and O–H groups in total. The van der Waals surface area contributed by atoms with Gasteiger partial charge in [0.15, 0.2) is 0 Å². The van der Waals surface area contributed by atoms with E-state index in [-0.39, 0.29) is 22.5 Å². The van der Waals surface area contributed by atoms with Gasteiger partial charge in [-0.2, -0.15) is 16.8 Å². The van der Waals surface area contributed by atoms with Crippen molar-refractivity contribution in [1.82, 2.24) is 0 Å². The summed E-state index contributed by atoms with van der Waals surface area (Å²) in [5.74, 6) is -0.467. The van der Waals surface area contributed by atoms with Crippen LogP contribution in [0.3, 0.4) is 0 Å². The van der Waals surface area contributed by atoms with Gasteiger partial charge in [-0.1, -0.05) is 24.3 Å². The van der Waals surface area contributed by atoms with Crippen LogP contribution in [0.1, 0.15) is 31.9 Å². The fourth-order valence-electron chi connectivity index (χ4n) is 2.60. The first-order valence-corrected chi connectivity index (χ1v) is 13.6. The Labute approximate surface area is 192 Å². The fourth-order valence-corrected chi connectivity index (χ4v) is 4.71. The van der Waals surface area contributed by atoms with Gasteiger partial charge in [-0.05, 0) is 49.2 Å². The second-order valence-electron chi connectivity index (χ2n) is 7.17. The lowest BCUT2D eigenvalue weighted by molar-refractivity contribution is -0.114. The molecule has 11 nitrogen and oxygen atoms in total. The summed E-state index contributed by atoms with van der Waals surface area (Å²) in [6, 6.07) is 7.03. The van der Waals surface area contributed by atoms with Crippen LogP contribution in [0.2, 0.25) is 0 Å². The summed E-state index contributed by atoms with van der Waals surface area (Å²) in [7, 11) is -13.3. The molecule has 0 aliphatic carbocycles. The van der Waals surface area contributed by atoms with E-state index in [0.717, 1.165) is 18.2 Å². The van der Waals surface area contributed by atoms with Gasteiger partial charge in [-0.15, -0.1) is 0 Å². The van der Waals surface area contributed by atoms with Crippen molar-refractivity contribution < 1.29 is 39.2 Å². The van der Waals surface area contributed by atoms with E-state index in [0.29, 0.717) is 0 Å². The number of hydrogen-bond donors (Lipinski definition) is 4. The number of rotatable bonds is 8. The van der Waals surface area contributed by atoms with Crippen LogP contribution in [0.5, 0.6) is 0 Å². The highest BCUT2D eigenvalue weighted by Gasteiger charge is 2.20. The van der Waals surface area contributed by atoms with Crippen LogP contribution in [-0.2, 0) is 35.1 Å². The molecule has 1 amide bonds. The normalized spacial score (nSPS) is 12.8. The number of nitrogens with one attached hydrogen (secondary N) is 2. The van der Waals surface area contributed by atoms with E-state index in [1.54, 1.807) is 0 Å². The Morgan fingerprint density at radius 1 is 0.818 bits per heavy atom. The second-order valence-corrected chi connectivity index (χ2v) is 12.2. The maximum atomic E-state index is 12.0. The third kappa shape index (κ3) is 7.10. The molecule has 0 bridgehead atoms. The van der Waals surface area contributed by atoms with Gasteiger partial charge in [0.2, 0.25) is 15.9 Å². The molecule has 0 radical (unpaired) electrons. The Bertz CT molecular complexity index is 1430. The average molecular weight is 519 g/mol. The van der Waals surface area contributed by atoms with Crippen molar-refractivity contribution in [3.63, 3.8) is 0 Å². The highest BCUT2D eigenvalue weighted by Crippen LogP contribution is 2.26. The van der Waals surface area contributed by atoms with E-state index in [9.17, 15) is 39.2 Å². The van der Waals surface area contributed by atoms with E-state index in [4.69, 9.17) is 0 Å². The molecule has 33 heavy (non-hydrogen) atoms. The molecule has 0 unspecified atom stereocenters. The van der Waals surface area contributed by atoms with Gasteiger partial charge in [0.1, 0.15) is 9.79 Å². The first-order chi connectivity index (χ1) is 15.0. The zero-order valence-corrected chi connectivity index (χ0v) is 20.1. The summed E-state index contributed by atoms with van der Waals surface area (Å²) in [5.41, 5.74) is -0.130. The SMILES string of the molecule is CC(=O)Nc1ccc(/C=C/c2ccc(NS(=O)(=O)C(C)C)cc2S(=O)(=O)O)c(S(=O)(=O)O)c1. The lowest BCUT2D eigenvalue weighted by Crippen LogP contribution is -2.22. The first kappa shape index (κ1) is 26.5.